The van der Waals surface area contributed by atoms with Gasteiger partial charge in [-0.05, 0) is 49.4 Å². The van der Waals surface area contributed by atoms with Gasteiger partial charge in [-0.15, -0.1) is 0 Å². The lowest BCUT2D eigenvalue weighted by molar-refractivity contribution is 0.341. The third-order valence-electron chi connectivity index (χ3n) is 7.49. The summed E-state index contributed by atoms with van der Waals surface area (Å²) in [6.45, 7) is 0. The van der Waals surface area contributed by atoms with Gasteiger partial charge >= 0.3 is 0 Å². The maximum absolute atomic E-state index is 14.0. The summed E-state index contributed by atoms with van der Waals surface area (Å²) in [6, 6.07) is 16.9. The first-order valence-corrected chi connectivity index (χ1v) is 12.5. The van der Waals surface area contributed by atoms with Gasteiger partial charge in [0.1, 0.15) is 29.6 Å². The minimum absolute atomic E-state index is 0.152. The van der Waals surface area contributed by atoms with Crippen LogP contribution in [0.4, 0.5) is 11.6 Å². The van der Waals surface area contributed by atoms with Crippen molar-refractivity contribution in [2.24, 2.45) is 5.92 Å². The third-order valence-corrected chi connectivity index (χ3v) is 7.80. The lowest BCUT2D eigenvalue weighted by Gasteiger charge is -2.35. The van der Waals surface area contributed by atoms with Crippen molar-refractivity contribution in [1.29, 1.82) is 5.26 Å². The highest BCUT2D eigenvalue weighted by Gasteiger charge is 2.46. The molecule has 9 heteroatoms. The van der Waals surface area contributed by atoms with E-state index in [1.54, 1.807) is 16.7 Å². The number of aromatic nitrogens is 4. The summed E-state index contributed by atoms with van der Waals surface area (Å²) in [5.41, 5.74) is 7.40. The normalized spacial score (nSPS) is 21.3. The molecule has 1 aliphatic carbocycles. The van der Waals surface area contributed by atoms with Crippen LogP contribution in [0.1, 0.15) is 49.5 Å². The van der Waals surface area contributed by atoms with E-state index in [2.05, 4.69) is 20.9 Å². The number of nitrogens with zero attached hydrogens (tertiary/aromatic N) is 6. The van der Waals surface area contributed by atoms with E-state index < -0.39 is 0 Å². The van der Waals surface area contributed by atoms with E-state index >= 15 is 0 Å². The lowest BCUT2D eigenvalue weighted by atomic mass is 9.84. The zero-order valence-corrected chi connectivity index (χ0v) is 20.3. The van der Waals surface area contributed by atoms with Crippen LogP contribution in [-0.2, 0) is 0 Å². The zero-order chi connectivity index (χ0) is 24.8. The highest BCUT2D eigenvalue weighted by Crippen LogP contribution is 2.48. The predicted molar refractivity (Wildman–Crippen MR) is 139 cm³/mol. The quantitative estimate of drug-likeness (QED) is 0.432. The Hall–Kier alpha value is -3.96. The minimum atomic E-state index is -0.282. The van der Waals surface area contributed by atoms with E-state index in [-0.39, 0.29) is 29.0 Å². The number of nitrogens with two attached hydrogens (primary N) is 1. The zero-order valence-electron chi connectivity index (χ0n) is 19.5. The van der Waals surface area contributed by atoms with E-state index in [9.17, 15) is 10.1 Å². The van der Waals surface area contributed by atoms with Crippen molar-refractivity contribution in [3.8, 4) is 11.8 Å². The minimum Gasteiger partial charge on any atom is -0.382 e. The van der Waals surface area contributed by atoms with Crippen LogP contribution in [0.5, 0.6) is 0 Å². The summed E-state index contributed by atoms with van der Waals surface area (Å²) >= 11 is 6.48. The molecule has 1 saturated carbocycles. The van der Waals surface area contributed by atoms with Crippen LogP contribution in [0.25, 0.3) is 16.6 Å². The highest BCUT2D eigenvalue weighted by atomic mass is 35.5. The maximum Gasteiger partial charge on any atom is 0.267 e. The predicted octanol–water partition coefficient (Wildman–Crippen LogP) is 4.79. The van der Waals surface area contributed by atoms with Crippen LogP contribution in [0.2, 0.25) is 5.02 Å². The van der Waals surface area contributed by atoms with Gasteiger partial charge in [0.05, 0.1) is 27.7 Å². The molecular weight excluding hydrogens is 474 g/mol. The van der Waals surface area contributed by atoms with Crippen LogP contribution in [0.15, 0.2) is 59.7 Å². The molecule has 2 N–H and O–H groups in total. The summed E-state index contributed by atoms with van der Waals surface area (Å²) in [6.07, 6.45) is 6.51. The van der Waals surface area contributed by atoms with Crippen molar-refractivity contribution in [3.63, 3.8) is 0 Å². The first-order valence-electron chi connectivity index (χ1n) is 12.1. The summed E-state index contributed by atoms with van der Waals surface area (Å²) in [5, 5.41) is 10.7. The molecule has 8 nitrogen and oxygen atoms in total. The first-order chi connectivity index (χ1) is 17.6. The van der Waals surface area contributed by atoms with Gasteiger partial charge in [-0.1, -0.05) is 48.7 Å². The number of fused-ring (bicyclic) bond motifs is 2. The van der Waals surface area contributed by atoms with Crippen molar-refractivity contribution in [1.82, 2.24) is 19.5 Å². The fourth-order valence-corrected chi connectivity index (χ4v) is 6.20. The average Bonchev–Trinajstić information content (AvgIpc) is 3.28. The topological polar surface area (TPSA) is 114 Å². The van der Waals surface area contributed by atoms with Gasteiger partial charge in [0, 0.05) is 6.04 Å². The molecule has 36 heavy (non-hydrogen) atoms. The Morgan fingerprint density at radius 2 is 1.86 bits per heavy atom. The molecule has 2 aliphatic rings. The third kappa shape index (κ3) is 3.50. The molecule has 0 radical (unpaired) electrons. The van der Waals surface area contributed by atoms with Gasteiger partial charge in [-0.25, -0.2) is 15.0 Å². The molecule has 1 saturated heterocycles. The molecule has 0 bridgehead atoms. The number of para-hydroxylation sites is 1. The molecular formula is C27H24ClN7O. The molecule has 3 atom stereocenters. The molecule has 0 amide bonds. The largest absolute Gasteiger partial charge is 0.382 e. The number of anilines is 2. The fourth-order valence-electron chi connectivity index (χ4n) is 5.94. The Balaban J connectivity index is 1.64. The molecule has 2 aromatic heterocycles. The van der Waals surface area contributed by atoms with E-state index in [4.69, 9.17) is 22.3 Å². The Morgan fingerprint density at radius 3 is 2.67 bits per heavy atom. The Labute approximate surface area is 213 Å². The van der Waals surface area contributed by atoms with Crippen molar-refractivity contribution in [2.45, 2.75) is 44.2 Å². The van der Waals surface area contributed by atoms with Crippen LogP contribution in [0.3, 0.4) is 0 Å². The van der Waals surface area contributed by atoms with Crippen molar-refractivity contribution >= 4 is 34.1 Å². The van der Waals surface area contributed by atoms with E-state index in [1.807, 2.05) is 36.4 Å². The molecule has 180 valence electrons. The number of nitrogen functional groups attached to an aromatic ring is 1. The molecule has 4 aromatic rings. The number of hydrogen-bond acceptors (Lipinski definition) is 7. The summed E-state index contributed by atoms with van der Waals surface area (Å²) in [4.78, 5) is 29.8. The summed E-state index contributed by atoms with van der Waals surface area (Å²) in [5.74, 6) is 1.66. The van der Waals surface area contributed by atoms with Crippen molar-refractivity contribution < 1.29 is 0 Å². The number of nitriles is 1. The molecule has 0 unspecified atom stereocenters. The van der Waals surface area contributed by atoms with E-state index in [1.165, 1.54) is 6.33 Å². The van der Waals surface area contributed by atoms with Gasteiger partial charge in [0.2, 0.25) is 0 Å². The van der Waals surface area contributed by atoms with Crippen LogP contribution in [0, 0.1) is 17.2 Å². The second-order valence-corrected chi connectivity index (χ2v) is 9.83. The highest BCUT2D eigenvalue weighted by molar-refractivity contribution is 6.35. The number of rotatable bonds is 3. The summed E-state index contributed by atoms with van der Waals surface area (Å²) in [7, 11) is 0. The molecule has 2 aromatic carbocycles. The Bertz CT molecular complexity index is 1560. The fraction of sp³-hybridized carbons (Fsp3) is 0.296. The van der Waals surface area contributed by atoms with Gasteiger partial charge in [0.15, 0.2) is 5.82 Å². The van der Waals surface area contributed by atoms with Crippen LogP contribution >= 0.6 is 11.6 Å². The second kappa shape index (κ2) is 8.92. The van der Waals surface area contributed by atoms with E-state index in [0.29, 0.717) is 39.2 Å². The average molecular weight is 498 g/mol. The monoisotopic (exact) mass is 497 g/mol. The van der Waals surface area contributed by atoms with Gasteiger partial charge in [-0.3, -0.25) is 9.36 Å². The van der Waals surface area contributed by atoms with Gasteiger partial charge in [0.25, 0.3) is 5.56 Å². The number of hydrogen-bond donors (Lipinski definition) is 1. The molecule has 6 rings (SSSR count). The SMILES string of the molecule is N#Cc1c(N)ncnc1N1[C@H](c2nc3cccc(Cl)c3c(=O)n2-c2ccccc2)C[C@@H]2CCCC[C@@H]21. The van der Waals surface area contributed by atoms with Gasteiger partial charge in [-0.2, -0.15) is 5.26 Å². The summed E-state index contributed by atoms with van der Waals surface area (Å²) < 4.78 is 1.67. The Kier molecular flexibility index (Phi) is 5.57. The van der Waals surface area contributed by atoms with Crippen LogP contribution in [-0.4, -0.2) is 25.6 Å². The standard InChI is InChI=1S/C27H24ClN7O/c28-19-10-6-11-20-23(19)27(36)34(17-8-2-1-3-9-17)26(33-20)22-13-16-7-4-5-12-21(16)35(22)25-18(14-29)24(30)31-15-32-25/h1-3,6,8-11,15-16,21-22H,4-5,7,12-13H2,(H2,30,31,32)/t16-,21-,22-/m0/s1. The second-order valence-electron chi connectivity index (χ2n) is 9.42. The van der Waals surface area contributed by atoms with Gasteiger partial charge < -0.3 is 10.6 Å². The molecule has 1 aliphatic heterocycles. The van der Waals surface area contributed by atoms with Crippen molar-refractivity contribution in [3.05, 3.63) is 81.6 Å². The first kappa shape index (κ1) is 22.5. The molecule has 2 fully saturated rings. The number of benzene rings is 2. The van der Waals surface area contributed by atoms with Crippen LogP contribution < -0.4 is 16.2 Å². The number of halogens is 1. The molecule has 3 heterocycles. The van der Waals surface area contributed by atoms with Crippen molar-refractivity contribution in [2.75, 3.05) is 10.6 Å². The van der Waals surface area contributed by atoms with E-state index in [0.717, 1.165) is 32.1 Å². The Morgan fingerprint density at radius 1 is 1.06 bits per heavy atom. The smallest absolute Gasteiger partial charge is 0.267 e. The molecule has 0 spiro atoms. The lowest BCUT2D eigenvalue weighted by Crippen LogP contribution is -2.39. The maximum atomic E-state index is 14.0.